The first-order chi connectivity index (χ1) is 8.45. The molecule has 0 aliphatic rings. The highest BCUT2D eigenvalue weighted by Crippen LogP contribution is 2.23. The van der Waals surface area contributed by atoms with Crippen LogP contribution >= 0.6 is 0 Å². The largest absolute Gasteiger partial charge is 0.370 e. The van der Waals surface area contributed by atoms with Gasteiger partial charge in [-0.25, -0.2) is 4.39 Å². The number of anilines is 1. The molecular weight excluding hydrogens is 227 g/mol. The van der Waals surface area contributed by atoms with Gasteiger partial charge in [0, 0.05) is 19.1 Å². The molecule has 0 amide bonds. The summed E-state index contributed by atoms with van der Waals surface area (Å²) in [4.78, 5) is 2.01. The van der Waals surface area contributed by atoms with Crippen LogP contribution in [0.2, 0.25) is 0 Å². The van der Waals surface area contributed by atoms with Gasteiger partial charge < -0.3 is 10.6 Å². The zero-order valence-corrected chi connectivity index (χ0v) is 11.9. The van der Waals surface area contributed by atoms with E-state index in [1.165, 1.54) is 0 Å². The van der Waals surface area contributed by atoms with E-state index in [4.69, 9.17) is 5.73 Å². The molecule has 2 atom stereocenters. The zero-order valence-electron chi connectivity index (χ0n) is 11.9. The maximum absolute atomic E-state index is 14.1. The Labute approximate surface area is 110 Å². The summed E-state index contributed by atoms with van der Waals surface area (Å²) in [5.74, 6) is -0.154. The number of nitrogens with two attached hydrogens (primary N) is 1. The van der Waals surface area contributed by atoms with E-state index < -0.39 is 0 Å². The third kappa shape index (κ3) is 3.98. The maximum atomic E-state index is 14.1. The van der Waals surface area contributed by atoms with Gasteiger partial charge >= 0.3 is 0 Å². The van der Waals surface area contributed by atoms with Gasteiger partial charge in [-0.15, -0.1) is 0 Å². The number of benzene rings is 1. The second-order valence-electron chi connectivity index (χ2n) is 5.22. The van der Waals surface area contributed by atoms with Crippen LogP contribution in [0.1, 0.15) is 39.2 Å². The first kappa shape index (κ1) is 15.0. The van der Waals surface area contributed by atoms with Gasteiger partial charge in [0.2, 0.25) is 0 Å². The normalized spacial score (nSPS) is 14.3. The lowest BCUT2D eigenvalue weighted by Gasteiger charge is -2.27. The molecule has 18 heavy (non-hydrogen) atoms. The average Bonchev–Trinajstić information content (AvgIpc) is 2.28. The van der Waals surface area contributed by atoms with E-state index >= 15 is 0 Å². The Kier molecular flexibility index (Phi) is 5.60. The molecule has 1 rings (SSSR count). The van der Waals surface area contributed by atoms with Crippen LogP contribution in [0, 0.1) is 5.82 Å². The summed E-state index contributed by atoms with van der Waals surface area (Å²) < 4.78 is 14.1. The molecule has 3 heteroatoms. The number of hydrogen-bond donors (Lipinski definition) is 1. The third-order valence-corrected chi connectivity index (χ3v) is 3.32. The van der Waals surface area contributed by atoms with Crippen molar-refractivity contribution in [3.8, 4) is 0 Å². The van der Waals surface area contributed by atoms with E-state index in [0.29, 0.717) is 18.2 Å². The van der Waals surface area contributed by atoms with Gasteiger partial charge in [0.15, 0.2) is 0 Å². The zero-order chi connectivity index (χ0) is 13.7. The van der Waals surface area contributed by atoms with Crippen molar-refractivity contribution in [3.05, 3.63) is 29.6 Å². The van der Waals surface area contributed by atoms with E-state index in [1.54, 1.807) is 6.07 Å². The van der Waals surface area contributed by atoms with E-state index in [0.717, 1.165) is 18.4 Å². The smallest absolute Gasteiger partial charge is 0.146 e. The molecular formula is C15H25FN2. The lowest BCUT2D eigenvalue weighted by molar-refractivity contribution is 0.580. The van der Waals surface area contributed by atoms with Crippen molar-refractivity contribution in [2.45, 2.75) is 52.1 Å². The van der Waals surface area contributed by atoms with Crippen molar-refractivity contribution >= 4 is 5.69 Å². The molecule has 1 aromatic carbocycles. The highest BCUT2D eigenvalue weighted by Gasteiger charge is 2.13. The Bertz CT molecular complexity index is 377. The number of rotatable bonds is 6. The Balaban J connectivity index is 2.84. The van der Waals surface area contributed by atoms with Crippen molar-refractivity contribution in [2.24, 2.45) is 5.73 Å². The molecule has 102 valence electrons. The van der Waals surface area contributed by atoms with Crippen LogP contribution in [-0.2, 0) is 6.42 Å². The molecule has 2 nitrogen and oxygen atoms in total. The number of hydrogen-bond acceptors (Lipinski definition) is 2. The summed E-state index contributed by atoms with van der Waals surface area (Å²) in [6, 6.07) is 5.85. The minimum Gasteiger partial charge on any atom is -0.370 e. The SMILES string of the molecule is CCCC(C)N(C)c1ccc(CC(C)N)cc1F. The molecule has 0 saturated heterocycles. The van der Waals surface area contributed by atoms with Crippen molar-refractivity contribution in [1.82, 2.24) is 0 Å². The molecule has 2 N–H and O–H groups in total. The fourth-order valence-corrected chi connectivity index (χ4v) is 2.18. The highest BCUT2D eigenvalue weighted by atomic mass is 19.1. The molecule has 2 unspecified atom stereocenters. The lowest BCUT2D eigenvalue weighted by atomic mass is 10.1. The van der Waals surface area contributed by atoms with E-state index in [2.05, 4.69) is 13.8 Å². The summed E-state index contributed by atoms with van der Waals surface area (Å²) in [6.45, 7) is 6.20. The van der Waals surface area contributed by atoms with Gasteiger partial charge in [0.1, 0.15) is 5.82 Å². The Morgan fingerprint density at radius 3 is 2.50 bits per heavy atom. The first-order valence-electron chi connectivity index (χ1n) is 6.72. The molecule has 1 aromatic rings. The predicted molar refractivity (Wildman–Crippen MR) is 76.5 cm³/mol. The van der Waals surface area contributed by atoms with Crippen LogP contribution < -0.4 is 10.6 Å². The van der Waals surface area contributed by atoms with Gasteiger partial charge in [-0.3, -0.25) is 0 Å². The van der Waals surface area contributed by atoms with Gasteiger partial charge in [-0.05, 0) is 44.4 Å². The van der Waals surface area contributed by atoms with E-state index in [9.17, 15) is 4.39 Å². The molecule has 0 fully saturated rings. The van der Waals surface area contributed by atoms with Crippen LogP contribution in [0.5, 0.6) is 0 Å². The van der Waals surface area contributed by atoms with Gasteiger partial charge in [0.05, 0.1) is 5.69 Å². The fraction of sp³-hybridized carbons (Fsp3) is 0.600. The molecule has 0 heterocycles. The number of nitrogens with zero attached hydrogens (tertiary/aromatic N) is 1. The summed E-state index contributed by atoms with van der Waals surface area (Å²) >= 11 is 0. The molecule has 0 aliphatic heterocycles. The van der Waals surface area contributed by atoms with E-state index in [-0.39, 0.29) is 11.9 Å². The standard InChI is InChI=1S/C15H25FN2/c1-5-6-12(3)18(4)15-8-7-13(9-11(2)17)10-14(15)16/h7-8,10-12H,5-6,9,17H2,1-4H3. The van der Waals surface area contributed by atoms with Crippen molar-refractivity contribution < 1.29 is 4.39 Å². The highest BCUT2D eigenvalue weighted by molar-refractivity contribution is 5.49. The fourth-order valence-electron chi connectivity index (χ4n) is 2.18. The average molecular weight is 252 g/mol. The van der Waals surface area contributed by atoms with Gasteiger partial charge in [-0.2, -0.15) is 0 Å². The topological polar surface area (TPSA) is 29.3 Å². The van der Waals surface area contributed by atoms with Crippen LogP contribution in [-0.4, -0.2) is 19.1 Å². The lowest BCUT2D eigenvalue weighted by Crippen LogP contribution is -2.29. The monoisotopic (exact) mass is 252 g/mol. The molecule has 0 saturated carbocycles. The predicted octanol–water partition coefficient (Wildman–Crippen LogP) is 3.34. The van der Waals surface area contributed by atoms with Crippen molar-refractivity contribution in [1.29, 1.82) is 0 Å². The quantitative estimate of drug-likeness (QED) is 0.841. The second kappa shape index (κ2) is 6.74. The Morgan fingerprint density at radius 1 is 1.33 bits per heavy atom. The second-order valence-corrected chi connectivity index (χ2v) is 5.22. The first-order valence-corrected chi connectivity index (χ1v) is 6.72. The summed E-state index contributed by atoms with van der Waals surface area (Å²) in [5.41, 5.74) is 7.36. The van der Waals surface area contributed by atoms with Crippen LogP contribution in [0.4, 0.5) is 10.1 Å². The van der Waals surface area contributed by atoms with Crippen LogP contribution in [0.3, 0.4) is 0 Å². The molecule has 0 spiro atoms. The third-order valence-electron chi connectivity index (χ3n) is 3.32. The summed E-state index contributed by atoms with van der Waals surface area (Å²) in [7, 11) is 1.95. The minimum absolute atomic E-state index is 0.0620. The van der Waals surface area contributed by atoms with E-state index in [1.807, 2.05) is 31.0 Å². The Morgan fingerprint density at radius 2 is 2.00 bits per heavy atom. The van der Waals surface area contributed by atoms with Gasteiger partial charge in [0.25, 0.3) is 0 Å². The maximum Gasteiger partial charge on any atom is 0.146 e. The summed E-state index contributed by atoms with van der Waals surface area (Å²) in [6.07, 6.45) is 2.89. The molecule has 0 radical (unpaired) electrons. The minimum atomic E-state index is -0.154. The molecule has 0 aromatic heterocycles. The number of halogens is 1. The van der Waals surface area contributed by atoms with Crippen LogP contribution in [0.25, 0.3) is 0 Å². The van der Waals surface area contributed by atoms with Gasteiger partial charge in [-0.1, -0.05) is 19.4 Å². The Hall–Kier alpha value is -1.09. The summed E-state index contributed by atoms with van der Waals surface area (Å²) in [5, 5.41) is 0. The molecule has 0 aliphatic carbocycles. The molecule has 0 bridgehead atoms. The van der Waals surface area contributed by atoms with Crippen molar-refractivity contribution in [2.75, 3.05) is 11.9 Å². The van der Waals surface area contributed by atoms with Crippen LogP contribution in [0.15, 0.2) is 18.2 Å². The van der Waals surface area contributed by atoms with Crippen molar-refractivity contribution in [3.63, 3.8) is 0 Å².